The molecule has 0 aliphatic heterocycles. The molecule has 0 bridgehead atoms. The van der Waals surface area contributed by atoms with Gasteiger partial charge in [-0.25, -0.2) is 12.7 Å². The monoisotopic (exact) mass is 235 g/mol. The van der Waals surface area contributed by atoms with Crippen LogP contribution in [-0.2, 0) is 14.8 Å². The van der Waals surface area contributed by atoms with Crippen molar-refractivity contribution in [2.24, 2.45) is 5.92 Å². The lowest BCUT2D eigenvalue weighted by molar-refractivity contribution is -0.141. The van der Waals surface area contributed by atoms with E-state index in [0.29, 0.717) is 0 Å². The average Bonchev–Trinajstić information content (AvgIpc) is 2.12. The van der Waals surface area contributed by atoms with Crippen LogP contribution in [0.25, 0.3) is 0 Å². The fraction of sp³-hybridized carbons (Fsp3) is 0.667. The zero-order valence-corrected chi connectivity index (χ0v) is 9.83. The van der Waals surface area contributed by atoms with Crippen LogP contribution in [-0.4, -0.2) is 42.6 Å². The van der Waals surface area contributed by atoms with Crippen molar-refractivity contribution in [3.05, 3.63) is 12.7 Å². The van der Waals surface area contributed by atoms with Crippen molar-refractivity contribution in [2.75, 3.05) is 18.8 Å². The number of carboxylic acids is 1. The van der Waals surface area contributed by atoms with Gasteiger partial charge in [-0.1, -0.05) is 19.9 Å². The maximum Gasteiger partial charge on any atom is 0.307 e. The molecule has 5 nitrogen and oxygen atoms in total. The average molecular weight is 235 g/mol. The van der Waals surface area contributed by atoms with E-state index in [1.165, 1.54) is 13.0 Å². The second kappa shape index (κ2) is 5.87. The zero-order chi connectivity index (χ0) is 12.1. The third-order valence-corrected chi connectivity index (χ3v) is 3.82. The van der Waals surface area contributed by atoms with E-state index in [0.717, 1.165) is 4.31 Å². The highest BCUT2D eigenvalue weighted by Crippen LogP contribution is 2.07. The molecule has 0 aromatic carbocycles. The highest BCUT2D eigenvalue weighted by molar-refractivity contribution is 7.89. The molecule has 0 saturated carbocycles. The Balaban J connectivity index is 4.63. The Morgan fingerprint density at radius 1 is 1.60 bits per heavy atom. The molecule has 0 aromatic heterocycles. The molecule has 0 amide bonds. The van der Waals surface area contributed by atoms with Crippen molar-refractivity contribution in [1.29, 1.82) is 0 Å². The molecule has 0 aliphatic carbocycles. The van der Waals surface area contributed by atoms with Gasteiger partial charge in [0.25, 0.3) is 0 Å². The number of aliphatic carboxylic acids is 1. The molecular formula is C9H17NO4S. The smallest absolute Gasteiger partial charge is 0.307 e. The van der Waals surface area contributed by atoms with Crippen LogP contribution in [0, 0.1) is 5.92 Å². The molecule has 15 heavy (non-hydrogen) atoms. The largest absolute Gasteiger partial charge is 0.481 e. The zero-order valence-electron chi connectivity index (χ0n) is 9.01. The first kappa shape index (κ1) is 14.1. The van der Waals surface area contributed by atoms with Crippen molar-refractivity contribution in [1.82, 2.24) is 4.31 Å². The summed E-state index contributed by atoms with van der Waals surface area (Å²) in [6.45, 7) is 6.78. The first-order chi connectivity index (χ1) is 6.85. The van der Waals surface area contributed by atoms with E-state index >= 15 is 0 Å². The summed E-state index contributed by atoms with van der Waals surface area (Å²) < 4.78 is 24.3. The maximum atomic E-state index is 11.6. The van der Waals surface area contributed by atoms with E-state index in [9.17, 15) is 13.2 Å². The van der Waals surface area contributed by atoms with E-state index in [2.05, 4.69) is 6.58 Å². The summed E-state index contributed by atoms with van der Waals surface area (Å²) in [7, 11) is -3.40. The van der Waals surface area contributed by atoms with Gasteiger partial charge in [0.05, 0.1) is 11.7 Å². The summed E-state index contributed by atoms with van der Waals surface area (Å²) in [4.78, 5) is 10.6. The Morgan fingerprint density at radius 3 is 2.47 bits per heavy atom. The van der Waals surface area contributed by atoms with Crippen LogP contribution in [0.15, 0.2) is 12.7 Å². The van der Waals surface area contributed by atoms with E-state index < -0.39 is 21.9 Å². The molecule has 0 spiro atoms. The molecule has 0 fully saturated rings. The summed E-state index contributed by atoms with van der Waals surface area (Å²) >= 11 is 0. The molecule has 88 valence electrons. The minimum atomic E-state index is -3.40. The summed E-state index contributed by atoms with van der Waals surface area (Å²) in [6.07, 6.45) is 1.30. The Labute approximate surface area is 90.4 Å². The van der Waals surface area contributed by atoms with Crippen LogP contribution >= 0.6 is 0 Å². The predicted molar refractivity (Wildman–Crippen MR) is 58.0 cm³/mol. The number of hydrogen-bond acceptors (Lipinski definition) is 3. The van der Waals surface area contributed by atoms with Crippen LogP contribution < -0.4 is 0 Å². The van der Waals surface area contributed by atoms with Gasteiger partial charge < -0.3 is 5.11 Å². The van der Waals surface area contributed by atoms with Crippen LogP contribution in [0.1, 0.15) is 13.8 Å². The molecule has 0 aliphatic rings. The van der Waals surface area contributed by atoms with E-state index in [-0.39, 0.29) is 18.8 Å². The molecule has 0 aromatic rings. The van der Waals surface area contributed by atoms with Gasteiger partial charge in [-0.3, -0.25) is 4.79 Å². The fourth-order valence-corrected chi connectivity index (χ4v) is 2.43. The van der Waals surface area contributed by atoms with Crippen LogP contribution in [0.3, 0.4) is 0 Å². The summed E-state index contributed by atoms with van der Waals surface area (Å²) in [5.41, 5.74) is 0. The number of nitrogens with zero attached hydrogens (tertiary/aromatic N) is 1. The number of sulfonamides is 1. The van der Waals surface area contributed by atoms with Crippen LogP contribution in [0.2, 0.25) is 0 Å². The predicted octanol–water partition coefficient (Wildman–Crippen LogP) is 0.545. The Hall–Kier alpha value is -0.880. The summed E-state index contributed by atoms with van der Waals surface area (Å²) in [6, 6.07) is 0. The van der Waals surface area contributed by atoms with Crippen molar-refractivity contribution < 1.29 is 18.3 Å². The molecule has 1 atom stereocenters. The fourth-order valence-electron chi connectivity index (χ4n) is 1.08. The van der Waals surface area contributed by atoms with Gasteiger partial charge in [0.2, 0.25) is 10.0 Å². The third kappa shape index (κ3) is 4.44. The standard InChI is InChI=1S/C9H17NO4S/c1-4-6-15(13,14)10(5-2)7-8(3)9(11)12/h4,8H,1,5-7H2,2-3H3,(H,11,12). The third-order valence-electron chi connectivity index (χ3n) is 1.97. The number of carbonyl (C=O) groups is 1. The van der Waals surface area contributed by atoms with Crippen molar-refractivity contribution in [2.45, 2.75) is 13.8 Å². The van der Waals surface area contributed by atoms with Crippen LogP contribution in [0.4, 0.5) is 0 Å². The van der Waals surface area contributed by atoms with Gasteiger partial charge in [-0.2, -0.15) is 0 Å². The van der Waals surface area contributed by atoms with E-state index in [1.54, 1.807) is 6.92 Å². The minimum absolute atomic E-state index is 0.00199. The van der Waals surface area contributed by atoms with E-state index in [4.69, 9.17) is 5.11 Å². The lowest BCUT2D eigenvalue weighted by Crippen LogP contribution is -2.37. The molecular weight excluding hydrogens is 218 g/mol. The molecule has 1 unspecified atom stereocenters. The van der Waals surface area contributed by atoms with Gasteiger partial charge in [-0.05, 0) is 0 Å². The summed E-state index contributed by atoms with van der Waals surface area (Å²) in [5, 5.41) is 8.68. The minimum Gasteiger partial charge on any atom is -0.481 e. The molecule has 0 saturated heterocycles. The second-order valence-electron chi connectivity index (χ2n) is 3.26. The lowest BCUT2D eigenvalue weighted by Gasteiger charge is -2.21. The van der Waals surface area contributed by atoms with Gasteiger partial charge >= 0.3 is 5.97 Å². The highest BCUT2D eigenvalue weighted by Gasteiger charge is 2.23. The molecule has 0 heterocycles. The van der Waals surface area contributed by atoms with Gasteiger partial charge in [0.15, 0.2) is 0 Å². The highest BCUT2D eigenvalue weighted by atomic mass is 32.2. The van der Waals surface area contributed by atoms with E-state index in [1.807, 2.05) is 0 Å². The second-order valence-corrected chi connectivity index (χ2v) is 5.27. The Kier molecular flexibility index (Phi) is 5.53. The topological polar surface area (TPSA) is 74.7 Å². The Bertz CT molecular complexity index is 323. The maximum absolute atomic E-state index is 11.6. The number of carboxylic acid groups (broad SMARTS) is 1. The quantitative estimate of drug-likeness (QED) is 0.654. The first-order valence-corrected chi connectivity index (χ1v) is 6.27. The normalized spacial score (nSPS) is 13.8. The van der Waals surface area contributed by atoms with Gasteiger partial charge in [0.1, 0.15) is 0 Å². The SMILES string of the molecule is C=CCS(=O)(=O)N(CC)CC(C)C(=O)O. The van der Waals surface area contributed by atoms with Crippen molar-refractivity contribution in [3.63, 3.8) is 0 Å². The van der Waals surface area contributed by atoms with Crippen molar-refractivity contribution >= 4 is 16.0 Å². The number of rotatable bonds is 7. The van der Waals surface area contributed by atoms with Crippen molar-refractivity contribution in [3.8, 4) is 0 Å². The first-order valence-electron chi connectivity index (χ1n) is 4.66. The number of hydrogen-bond donors (Lipinski definition) is 1. The summed E-state index contributed by atoms with van der Waals surface area (Å²) in [5.74, 6) is -1.86. The van der Waals surface area contributed by atoms with Gasteiger partial charge in [0, 0.05) is 13.1 Å². The Morgan fingerprint density at radius 2 is 2.13 bits per heavy atom. The van der Waals surface area contributed by atoms with Crippen LogP contribution in [0.5, 0.6) is 0 Å². The van der Waals surface area contributed by atoms with Gasteiger partial charge in [-0.15, -0.1) is 6.58 Å². The lowest BCUT2D eigenvalue weighted by atomic mass is 10.2. The molecule has 0 rings (SSSR count). The molecule has 1 N–H and O–H groups in total. The molecule has 0 radical (unpaired) electrons. The molecule has 6 heteroatoms.